The van der Waals surface area contributed by atoms with Gasteiger partial charge in [-0.15, -0.1) is 0 Å². The number of aliphatic hydroxyl groups is 1. The van der Waals surface area contributed by atoms with Crippen LogP contribution >= 0.6 is 0 Å². The van der Waals surface area contributed by atoms with Crippen molar-refractivity contribution < 1.29 is 38.5 Å². The summed E-state index contributed by atoms with van der Waals surface area (Å²) in [5, 5.41) is 9.74. The van der Waals surface area contributed by atoms with E-state index < -0.39 is 54.5 Å². The summed E-state index contributed by atoms with van der Waals surface area (Å²) >= 11 is 0. The summed E-state index contributed by atoms with van der Waals surface area (Å²) in [6, 6.07) is 0. The number of cyclic esters (lactones) is 1. The lowest BCUT2D eigenvalue weighted by Gasteiger charge is -2.26. The Balaban J connectivity index is 2.90. The molecule has 0 amide bonds. The Kier molecular flexibility index (Phi) is 11.6. The zero-order valence-corrected chi connectivity index (χ0v) is 18.6. The number of aliphatic hydroxyl groups excluding tert-OH is 1. The summed E-state index contributed by atoms with van der Waals surface area (Å²) in [6.07, 6.45) is 1.71. The molecule has 3 unspecified atom stereocenters. The van der Waals surface area contributed by atoms with E-state index in [4.69, 9.17) is 14.2 Å². The number of carbonyl (C=O) groups is 4. The van der Waals surface area contributed by atoms with Crippen LogP contribution in [-0.2, 0) is 33.4 Å². The molecule has 0 saturated carbocycles. The molecule has 8 heteroatoms. The first-order valence-electron chi connectivity index (χ1n) is 11.1. The molecule has 1 saturated heterocycles. The van der Waals surface area contributed by atoms with E-state index in [1.807, 2.05) is 27.7 Å². The number of Topliss-reactive ketones (excluding diaryl/α,β-unsaturated/α-hetero) is 1. The molecule has 0 aromatic carbocycles. The molecule has 0 aromatic rings. The van der Waals surface area contributed by atoms with E-state index >= 15 is 0 Å². The maximum Gasteiger partial charge on any atom is 0.379 e. The zero-order chi connectivity index (χ0) is 22.7. The number of hydrogen-bond donors (Lipinski definition) is 1. The highest BCUT2D eigenvalue weighted by atomic mass is 16.6. The van der Waals surface area contributed by atoms with Gasteiger partial charge in [0.15, 0.2) is 12.2 Å². The molecule has 0 bridgehead atoms. The molecular formula is C22H36O8. The van der Waals surface area contributed by atoms with Gasteiger partial charge in [-0.3, -0.25) is 14.4 Å². The fourth-order valence-electron chi connectivity index (χ4n) is 3.45. The molecule has 1 aliphatic heterocycles. The van der Waals surface area contributed by atoms with Gasteiger partial charge >= 0.3 is 17.9 Å². The van der Waals surface area contributed by atoms with Gasteiger partial charge in [0.2, 0.25) is 6.10 Å². The average Bonchev–Trinajstić information content (AvgIpc) is 3.01. The Morgan fingerprint density at radius 3 is 1.97 bits per heavy atom. The van der Waals surface area contributed by atoms with Gasteiger partial charge in [-0.1, -0.05) is 53.4 Å². The first-order chi connectivity index (χ1) is 14.3. The van der Waals surface area contributed by atoms with Gasteiger partial charge in [0, 0.05) is 0 Å². The molecule has 1 N–H and O–H groups in total. The molecule has 0 aliphatic carbocycles. The van der Waals surface area contributed by atoms with Gasteiger partial charge in [0.1, 0.15) is 0 Å². The van der Waals surface area contributed by atoms with Crippen molar-refractivity contribution in [3.8, 4) is 0 Å². The van der Waals surface area contributed by atoms with E-state index in [0.717, 1.165) is 25.7 Å². The fourth-order valence-corrected chi connectivity index (χ4v) is 3.45. The smallest absolute Gasteiger partial charge is 0.379 e. The first-order valence-corrected chi connectivity index (χ1v) is 11.1. The van der Waals surface area contributed by atoms with E-state index in [1.54, 1.807) is 0 Å². The highest BCUT2D eigenvalue weighted by Crippen LogP contribution is 2.25. The molecule has 30 heavy (non-hydrogen) atoms. The Labute approximate surface area is 178 Å². The van der Waals surface area contributed by atoms with Crippen LogP contribution in [-0.4, -0.2) is 53.7 Å². The third-order valence-corrected chi connectivity index (χ3v) is 5.52. The van der Waals surface area contributed by atoms with Crippen LogP contribution < -0.4 is 0 Å². The number of ether oxygens (including phenoxy) is 3. The second-order valence-corrected chi connectivity index (χ2v) is 7.74. The van der Waals surface area contributed by atoms with Gasteiger partial charge in [0.05, 0.1) is 18.4 Å². The molecule has 8 nitrogen and oxygen atoms in total. The molecule has 172 valence electrons. The van der Waals surface area contributed by atoms with Crippen LogP contribution in [0.1, 0.15) is 79.1 Å². The van der Waals surface area contributed by atoms with Crippen LogP contribution in [0.3, 0.4) is 0 Å². The summed E-state index contributed by atoms with van der Waals surface area (Å²) < 4.78 is 15.7. The van der Waals surface area contributed by atoms with Crippen LogP contribution in [0.25, 0.3) is 0 Å². The van der Waals surface area contributed by atoms with E-state index in [9.17, 15) is 24.3 Å². The lowest BCUT2D eigenvalue weighted by molar-refractivity contribution is -0.178. The normalized spacial score (nSPS) is 21.6. The van der Waals surface area contributed by atoms with Crippen molar-refractivity contribution in [1.82, 2.24) is 0 Å². The van der Waals surface area contributed by atoms with Crippen LogP contribution in [0.15, 0.2) is 0 Å². The van der Waals surface area contributed by atoms with E-state index in [0.29, 0.717) is 25.7 Å². The minimum absolute atomic E-state index is 0.355. The number of rotatable bonds is 14. The van der Waals surface area contributed by atoms with Gasteiger partial charge in [0.25, 0.3) is 5.78 Å². The average molecular weight is 429 g/mol. The largest absolute Gasteiger partial charge is 0.456 e. The Bertz CT molecular complexity index is 588. The molecule has 1 aliphatic rings. The lowest BCUT2D eigenvalue weighted by Crippen LogP contribution is -2.45. The first kappa shape index (κ1) is 26.1. The standard InChI is InChI=1S/C22H36O8/c1-5-9-11-14(7-3)20(25)28-16(13-23)18-19(17(24)22(27)29-18)30-21(26)15(8-4)12-10-6-2/h14-16,18-19,23H,5-13H2,1-4H3/t14?,15?,16-,18+,19?/m0/s1. The summed E-state index contributed by atoms with van der Waals surface area (Å²) in [7, 11) is 0. The topological polar surface area (TPSA) is 116 Å². The summed E-state index contributed by atoms with van der Waals surface area (Å²) in [6.45, 7) is 7.06. The highest BCUT2D eigenvalue weighted by molar-refractivity contribution is 6.37. The van der Waals surface area contributed by atoms with Gasteiger partial charge in [-0.2, -0.15) is 0 Å². The van der Waals surface area contributed by atoms with Crippen molar-refractivity contribution in [3.63, 3.8) is 0 Å². The van der Waals surface area contributed by atoms with Crippen LogP contribution in [0.4, 0.5) is 0 Å². The Hall–Kier alpha value is -1.96. The van der Waals surface area contributed by atoms with Crippen molar-refractivity contribution in [3.05, 3.63) is 0 Å². The number of unbranched alkanes of at least 4 members (excludes halogenated alkanes) is 2. The van der Waals surface area contributed by atoms with Crippen molar-refractivity contribution >= 4 is 23.7 Å². The van der Waals surface area contributed by atoms with Crippen molar-refractivity contribution in [1.29, 1.82) is 0 Å². The summed E-state index contributed by atoms with van der Waals surface area (Å²) in [5.74, 6) is -4.04. The third kappa shape index (κ3) is 7.07. The molecule has 0 radical (unpaired) electrons. The Morgan fingerprint density at radius 2 is 1.50 bits per heavy atom. The lowest BCUT2D eigenvalue weighted by atomic mass is 9.98. The van der Waals surface area contributed by atoms with E-state index in [-0.39, 0.29) is 5.92 Å². The minimum Gasteiger partial charge on any atom is -0.456 e. The Morgan fingerprint density at radius 1 is 0.967 bits per heavy atom. The molecular weight excluding hydrogens is 392 g/mol. The van der Waals surface area contributed by atoms with Crippen molar-refractivity contribution in [2.24, 2.45) is 11.8 Å². The molecule has 0 aromatic heterocycles. The monoisotopic (exact) mass is 428 g/mol. The molecule has 1 heterocycles. The number of hydrogen-bond acceptors (Lipinski definition) is 8. The molecule has 1 rings (SSSR count). The van der Waals surface area contributed by atoms with E-state index in [1.165, 1.54) is 0 Å². The van der Waals surface area contributed by atoms with Gasteiger partial charge in [-0.05, 0) is 25.7 Å². The number of esters is 3. The SMILES string of the molecule is CCCCC(CC)C(=O)OC1C(=O)C(=O)O[C@@H]1[C@H](CO)OC(=O)C(CC)CCCC. The van der Waals surface area contributed by atoms with Gasteiger partial charge < -0.3 is 19.3 Å². The third-order valence-electron chi connectivity index (χ3n) is 5.52. The fraction of sp³-hybridized carbons (Fsp3) is 0.818. The van der Waals surface area contributed by atoms with Gasteiger partial charge in [-0.25, -0.2) is 4.79 Å². The van der Waals surface area contributed by atoms with E-state index in [2.05, 4.69) is 0 Å². The van der Waals surface area contributed by atoms with Crippen LogP contribution in [0.2, 0.25) is 0 Å². The van der Waals surface area contributed by atoms with Crippen LogP contribution in [0, 0.1) is 11.8 Å². The highest BCUT2D eigenvalue weighted by Gasteiger charge is 2.51. The maximum absolute atomic E-state index is 12.5. The number of carbonyl (C=O) groups excluding carboxylic acids is 4. The second kappa shape index (κ2) is 13.4. The zero-order valence-electron chi connectivity index (χ0n) is 18.6. The quantitative estimate of drug-likeness (QED) is 0.255. The minimum atomic E-state index is -1.53. The maximum atomic E-state index is 12.5. The van der Waals surface area contributed by atoms with Crippen molar-refractivity contribution in [2.45, 2.75) is 97.4 Å². The summed E-state index contributed by atoms with van der Waals surface area (Å²) in [5.41, 5.74) is 0. The number of ketones is 1. The predicted octanol–water partition coefficient (Wildman–Crippen LogP) is 2.73. The molecule has 5 atom stereocenters. The van der Waals surface area contributed by atoms with Crippen molar-refractivity contribution in [2.75, 3.05) is 6.61 Å². The molecule has 0 spiro atoms. The van der Waals surface area contributed by atoms with Crippen LogP contribution in [0.5, 0.6) is 0 Å². The second-order valence-electron chi connectivity index (χ2n) is 7.74. The summed E-state index contributed by atoms with van der Waals surface area (Å²) in [4.78, 5) is 49.1. The predicted molar refractivity (Wildman–Crippen MR) is 108 cm³/mol. The molecule has 1 fully saturated rings.